The summed E-state index contributed by atoms with van der Waals surface area (Å²) in [6.45, 7) is 11.8. The van der Waals surface area contributed by atoms with Crippen molar-refractivity contribution in [1.29, 1.82) is 0 Å². The molecule has 1 N–H and O–H groups in total. The van der Waals surface area contributed by atoms with E-state index in [1.54, 1.807) is 0 Å². The Hall–Kier alpha value is -0.0400. The summed E-state index contributed by atoms with van der Waals surface area (Å²) in [4.78, 5) is 0. The average molecular weight is 270 g/mol. The van der Waals surface area contributed by atoms with Gasteiger partial charge < -0.3 is 5.32 Å². The summed E-state index contributed by atoms with van der Waals surface area (Å²) < 4.78 is 0. The normalized spacial score (nSPS) is 14.5. The Bertz CT molecular complexity index is 179. The number of hydrogen-bond acceptors (Lipinski definition) is 1. The minimum atomic E-state index is 0.535. The molecule has 0 heterocycles. The summed E-state index contributed by atoms with van der Waals surface area (Å²) in [5, 5.41) is 3.71. The van der Waals surface area contributed by atoms with E-state index in [0.29, 0.717) is 5.41 Å². The molecule has 0 rings (SSSR count). The first-order valence-electron chi connectivity index (χ1n) is 8.89. The number of hydrogen-bond donors (Lipinski definition) is 1. The number of unbranched alkanes of at least 4 members (excludes halogenated alkanes) is 6. The first-order chi connectivity index (χ1) is 9.18. The Morgan fingerprint density at radius 3 is 1.95 bits per heavy atom. The molecule has 1 unspecified atom stereocenters. The highest BCUT2D eigenvalue weighted by molar-refractivity contribution is 4.76. The standard InChI is InChI=1S/C18H39N/c1-5-8-10-11-12-13-16-19-17-18(4,14-7-3)15-9-6-2/h19H,5-17H2,1-4H3. The van der Waals surface area contributed by atoms with Crippen molar-refractivity contribution in [3.05, 3.63) is 0 Å². The zero-order chi connectivity index (χ0) is 14.4. The maximum absolute atomic E-state index is 3.71. The SMILES string of the molecule is CCCCCCCCNCC(C)(CCC)CCCC. The minimum Gasteiger partial charge on any atom is -0.316 e. The Kier molecular flexibility index (Phi) is 12.9. The van der Waals surface area contributed by atoms with Crippen molar-refractivity contribution in [3.63, 3.8) is 0 Å². The van der Waals surface area contributed by atoms with Crippen molar-refractivity contribution >= 4 is 0 Å². The average Bonchev–Trinajstić information content (AvgIpc) is 2.40. The van der Waals surface area contributed by atoms with E-state index in [-0.39, 0.29) is 0 Å². The fourth-order valence-corrected chi connectivity index (χ4v) is 2.93. The van der Waals surface area contributed by atoms with E-state index in [2.05, 4.69) is 33.0 Å². The van der Waals surface area contributed by atoms with Crippen LogP contribution in [0.4, 0.5) is 0 Å². The maximum atomic E-state index is 3.71. The first-order valence-corrected chi connectivity index (χ1v) is 8.89. The molecule has 0 aromatic rings. The Morgan fingerprint density at radius 2 is 1.32 bits per heavy atom. The molecule has 0 amide bonds. The third-order valence-electron chi connectivity index (χ3n) is 4.25. The van der Waals surface area contributed by atoms with Crippen LogP contribution >= 0.6 is 0 Å². The van der Waals surface area contributed by atoms with Crippen LogP contribution in [0, 0.1) is 5.41 Å². The van der Waals surface area contributed by atoms with Crippen LogP contribution in [-0.4, -0.2) is 13.1 Å². The van der Waals surface area contributed by atoms with Gasteiger partial charge in [0.2, 0.25) is 0 Å². The monoisotopic (exact) mass is 269 g/mol. The highest BCUT2D eigenvalue weighted by atomic mass is 14.9. The quantitative estimate of drug-likeness (QED) is 0.385. The Morgan fingerprint density at radius 1 is 0.684 bits per heavy atom. The number of rotatable bonds is 14. The molecule has 0 aromatic heterocycles. The Balaban J connectivity index is 3.57. The van der Waals surface area contributed by atoms with Crippen LogP contribution in [0.1, 0.15) is 98.3 Å². The van der Waals surface area contributed by atoms with Crippen LogP contribution in [0.15, 0.2) is 0 Å². The van der Waals surface area contributed by atoms with Gasteiger partial charge in [0.25, 0.3) is 0 Å². The van der Waals surface area contributed by atoms with Crippen LogP contribution in [0.2, 0.25) is 0 Å². The smallest absolute Gasteiger partial charge is 0.000516 e. The third kappa shape index (κ3) is 11.5. The molecule has 0 saturated heterocycles. The van der Waals surface area contributed by atoms with Crippen molar-refractivity contribution in [2.24, 2.45) is 5.41 Å². The molecular formula is C18H39N. The van der Waals surface area contributed by atoms with Gasteiger partial charge in [0.15, 0.2) is 0 Å². The van der Waals surface area contributed by atoms with Crippen LogP contribution in [0.3, 0.4) is 0 Å². The molecule has 1 atom stereocenters. The van der Waals surface area contributed by atoms with E-state index < -0.39 is 0 Å². The van der Waals surface area contributed by atoms with Gasteiger partial charge in [0.05, 0.1) is 0 Å². The lowest BCUT2D eigenvalue weighted by molar-refractivity contribution is 0.248. The van der Waals surface area contributed by atoms with E-state index >= 15 is 0 Å². The van der Waals surface area contributed by atoms with E-state index in [9.17, 15) is 0 Å². The lowest BCUT2D eigenvalue weighted by Gasteiger charge is -2.30. The zero-order valence-electron chi connectivity index (χ0n) is 14.2. The largest absolute Gasteiger partial charge is 0.316 e. The van der Waals surface area contributed by atoms with Gasteiger partial charge in [-0.25, -0.2) is 0 Å². The third-order valence-corrected chi connectivity index (χ3v) is 4.25. The summed E-state index contributed by atoms with van der Waals surface area (Å²) in [6.07, 6.45) is 15.2. The van der Waals surface area contributed by atoms with Gasteiger partial charge >= 0.3 is 0 Å². The van der Waals surface area contributed by atoms with Gasteiger partial charge in [-0.3, -0.25) is 0 Å². The summed E-state index contributed by atoms with van der Waals surface area (Å²) in [5.41, 5.74) is 0.535. The molecule has 0 aromatic carbocycles. The van der Waals surface area contributed by atoms with Crippen molar-refractivity contribution in [3.8, 4) is 0 Å². The van der Waals surface area contributed by atoms with Gasteiger partial charge in [-0.1, -0.05) is 79.1 Å². The van der Waals surface area contributed by atoms with Crippen molar-refractivity contribution in [2.45, 2.75) is 98.3 Å². The van der Waals surface area contributed by atoms with Gasteiger partial charge in [-0.2, -0.15) is 0 Å². The van der Waals surface area contributed by atoms with Crippen LogP contribution in [0.5, 0.6) is 0 Å². The molecule has 0 aliphatic heterocycles. The summed E-state index contributed by atoms with van der Waals surface area (Å²) in [7, 11) is 0. The van der Waals surface area contributed by atoms with Crippen LogP contribution in [-0.2, 0) is 0 Å². The first kappa shape index (κ1) is 19.0. The topological polar surface area (TPSA) is 12.0 Å². The molecule has 116 valence electrons. The van der Waals surface area contributed by atoms with Gasteiger partial charge in [0, 0.05) is 6.54 Å². The maximum Gasteiger partial charge on any atom is 0.000516 e. The summed E-state index contributed by atoms with van der Waals surface area (Å²) >= 11 is 0. The summed E-state index contributed by atoms with van der Waals surface area (Å²) in [5.74, 6) is 0. The second-order valence-corrected chi connectivity index (χ2v) is 6.61. The lowest BCUT2D eigenvalue weighted by Crippen LogP contribution is -2.32. The van der Waals surface area contributed by atoms with Gasteiger partial charge in [-0.05, 0) is 31.2 Å². The highest BCUT2D eigenvalue weighted by Crippen LogP contribution is 2.28. The molecule has 0 spiro atoms. The van der Waals surface area contributed by atoms with E-state index in [1.807, 2.05) is 0 Å². The van der Waals surface area contributed by atoms with Crippen LogP contribution < -0.4 is 5.32 Å². The minimum absolute atomic E-state index is 0.535. The molecule has 19 heavy (non-hydrogen) atoms. The van der Waals surface area contributed by atoms with Crippen LogP contribution in [0.25, 0.3) is 0 Å². The molecule has 0 aliphatic carbocycles. The molecule has 0 fully saturated rings. The molecule has 0 aliphatic rings. The predicted octanol–water partition coefficient (Wildman–Crippen LogP) is 5.93. The summed E-state index contributed by atoms with van der Waals surface area (Å²) in [6, 6.07) is 0. The molecule has 0 radical (unpaired) electrons. The van der Waals surface area contributed by atoms with Crippen molar-refractivity contribution < 1.29 is 0 Å². The second kappa shape index (κ2) is 13.0. The van der Waals surface area contributed by atoms with E-state index in [0.717, 1.165) is 0 Å². The molecule has 0 bridgehead atoms. The number of nitrogens with one attached hydrogen (secondary N) is 1. The molecule has 1 heteroatoms. The van der Waals surface area contributed by atoms with Crippen molar-refractivity contribution in [1.82, 2.24) is 5.32 Å². The zero-order valence-corrected chi connectivity index (χ0v) is 14.2. The van der Waals surface area contributed by atoms with Crippen molar-refractivity contribution in [2.75, 3.05) is 13.1 Å². The van der Waals surface area contributed by atoms with Gasteiger partial charge in [-0.15, -0.1) is 0 Å². The van der Waals surface area contributed by atoms with E-state index in [1.165, 1.54) is 83.7 Å². The predicted molar refractivity (Wildman–Crippen MR) is 88.8 cm³/mol. The van der Waals surface area contributed by atoms with Gasteiger partial charge in [0.1, 0.15) is 0 Å². The van der Waals surface area contributed by atoms with E-state index in [4.69, 9.17) is 0 Å². The fraction of sp³-hybridized carbons (Fsp3) is 1.00. The molecular weight excluding hydrogens is 230 g/mol. The Labute approximate surface area is 122 Å². The fourth-order valence-electron chi connectivity index (χ4n) is 2.93. The highest BCUT2D eigenvalue weighted by Gasteiger charge is 2.21. The lowest BCUT2D eigenvalue weighted by atomic mass is 9.80. The molecule has 1 nitrogen and oxygen atoms in total. The molecule has 0 saturated carbocycles. The second-order valence-electron chi connectivity index (χ2n) is 6.61.